The molecule has 0 heterocycles. The molecule has 0 unspecified atom stereocenters. The summed E-state index contributed by atoms with van der Waals surface area (Å²) in [5, 5.41) is 14.7. The van der Waals surface area contributed by atoms with Gasteiger partial charge in [0, 0.05) is 13.1 Å². The zero-order chi connectivity index (χ0) is 15.5. The van der Waals surface area contributed by atoms with E-state index in [1.54, 1.807) is 0 Å². The van der Waals surface area contributed by atoms with E-state index in [-0.39, 0.29) is 11.9 Å². The Balaban J connectivity index is 1.99. The topological polar surface area (TPSA) is 78.4 Å². The quantitative estimate of drug-likeness (QED) is 0.572. The molecule has 1 aliphatic carbocycles. The summed E-state index contributed by atoms with van der Waals surface area (Å²) in [6.45, 7) is 1.39. The van der Waals surface area contributed by atoms with Crippen LogP contribution in [0.5, 0.6) is 0 Å². The van der Waals surface area contributed by atoms with Crippen molar-refractivity contribution in [3.05, 3.63) is 0 Å². The number of unbranched alkanes of at least 4 members (excludes halogenated alkanes) is 2. The molecule has 0 aromatic carbocycles. The van der Waals surface area contributed by atoms with Crippen LogP contribution in [-0.2, 0) is 4.79 Å². The monoisotopic (exact) mass is 316 g/mol. The Labute approximate surface area is 131 Å². The lowest BCUT2D eigenvalue weighted by Crippen LogP contribution is -2.39. The molecule has 1 rings (SSSR count). The van der Waals surface area contributed by atoms with Gasteiger partial charge in [0.05, 0.1) is 5.92 Å². The minimum Gasteiger partial charge on any atom is -0.481 e. The number of nitrogens with one attached hydrogen (secondary N) is 2. The molecule has 0 radical (unpaired) electrons. The normalized spacial score (nSPS) is 21.8. The molecular weight excluding hydrogens is 288 g/mol. The Kier molecular flexibility index (Phi) is 9.30. The fourth-order valence-corrected chi connectivity index (χ4v) is 3.16. The number of hydrogen-bond acceptors (Lipinski definition) is 3. The first-order valence-corrected chi connectivity index (χ1v) is 9.26. The standard InChI is InChI=1S/C15H28N2O3S/c1-21-10-4-2-3-9-16-15(20)17-11-12-5-7-13(8-6-12)14(18)19/h12-13H,2-11H2,1H3,(H,18,19)(H2,16,17,20). The van der Waals surface area contributed by atoms with Crippen molar-refractivity contribution in [3.8, 4) is 0 Å². The highest BCUT2D eigenvalue weighted by Gasteiger charge is 2.25. The van der Waals surface area contributed by atoms with Gasteiger partial charge in [0.15, 0.2) is 0 Å². The highest BCUT2D eigenvalue weighted by Crippen LogP contribution is 2.28. The van der Waals surface area contributed by atoms with Crippen LogP contribution in [0.4, 0.5) is 4.79 Å². The highest BCUT2D eigenvalue weighted by molar-refractivity contribution is 7.98. The van der Waals surface area contributed by atoms with E-state index in [4.69, 9.17) is 5.11 Å². The smallest absolute Gasteiger partial charge is 0.314 e. The molecule has 1 saturated carbocycles. The first-order chi connectivity index (χ1) is 10.1. The Hall–Kier alpha value is -0.910. The third kappa shape index (κ3) is 8.19. The summed E-state index contributed by atoms with van der Waals surface area (Å²) >= 11 is 1.86. The van der Waals surface area contributed by atoms with Crippen LogP contribution in [0.2, 0.25) is 0 Å². The zero-order valence-corrected chi connectivity index (χ0v) is 13.7. The van der Waals surface area contributed by atoms with Gasteiger partial charge in [0.1, 0.15) is 0 Å². The minimum absolute atomic E-state index is 0.0970. The van der Waals surface area contributed by atoms with E-state index in [0.717, 1.165) is 45.1 Å². The van der Waals surface area contributed by atoms with Gasteiger partial charge in [-0.15, -0.1) is 0 Å². The molecule has 3 N–H and O–H groups in total. The van der Waals surface area contributed by atoms with Gasteiger partial charge in [-0.3, -0.25) is 4.79 Å². The summed E-state index contributed by atoms with van der Waals surface area (Å²) in [6.07, 6.45) is 8.75. The predicted octanol–water partition coefficient (Wildman–Crippen LogP) is 2.71. The third-order valence-electron chi connectivity index (χ3n) is 4.06. The molecule has 0 saturated heterocycles. The number of carbonyl (C=O) groups is 2. The number of carboxylic acids is 1. The summed E-state index contributed by atoms with van der Waals surface area (Å²) in [5.41, 5.74) is 0. The fraction of sp³-hybridized carbons (Fsp3) is 0.867. The van der Waals surface area contributed by atoms with E-state index < -0.39 is 5.97 Å². The van der Waals surface area contributed by atoms with Gasteiger partial charge in [-0.05, 0) is 56.5 Å². The summed E-state index contributed by atoms with van der Waals surface area (Å²) in [6, 6.07) is -0.0970. The van der Waals surface area contributed by atoms with Gasteiger partial charge >= 0.3 is 12.0 Å². The van der Waals surface area contributed by atoms with Crippen LogP contribution in [0.15, 0.2) is 0 Å². The molecule has 0 atom stereocenters. The van der Waals surface area contributed by atoms with E-state index in [9.17, 15) is 9.59 Å². The SMILES string of the molecule is CSCCCCCNC(=O)NCC1CCC(C(=O)O)CC1. The van der Waals surface area contributed by atoms with Gasteiger partial charge in [0.25, 0.3) is 0 Å². The number of aliphatic carboxylic acids is 1. The predicted molar refractivity (Wildman–Crippen MR) is 86.7 cm³/mol. The van der Waals surface area contributed by atoms with Gasteiger partial charge in [-0.2, -0.15) is 11.8 Å². The summed E-state index contributed by atoms with van der Waals surface area (Å²) in [7, 11) is 0. The van der Waals surface area contributed by atoms with Crippen LogP contribution in [0, 0.1) is 11.8 Å². The Morgan fingerprint density at radius 3 is 2.43 bits per heavy atom. The number of urea groups is 1. The van der Waals surface area contributed by atoms with Crippen molar-refractivity contribution < 1.29 is 14.7 Å². The second-order valence-corrected chi connectivity index (χ2v) is 6.73. The molecule has 0 aromatic rings. The van der Waals surface area contributed by atoms with Crippen molar-refractivity contribution in [1.82, 2.24) is 10.6 Å². The zero-order valence-electron chi connectivity index (χ0n) is 12.9. The van der Waals surface area contributed by atoms with Crippen molar-refractivity contribution in [3.63, 3.8) is 0 Å². The van der Waals surface area contributed by atoms with Gasteiger partial charge < -0.3 is 15.7 Å². The molecule has 6 heteroatoms. The maximum atomic E-state index is 11.6. The summed E-state index contributed by atoms with van der Waals surface area (Å²) < 4.78 is 0. The number of amides is 2. The minimum atomic E-state index is -0.680. The van der Waals surface area contributed by atoms with Crippen LogP contribution in [0.1, 0.15) is 44.9 Å². The Morgan fingerprint density at radius 2 is 1.81 bits per heavy atom. The van der Waals surface area contributed by atoms with Crippen LogP contribution in [0.3, 0.4) is 0 Å². The molecule has 0 aliphatic heterocycles. The van der Waals surface area contributed by atoms with Crippen molar-refractivity contribution >= 4 is 23.8 Å². The Morgan fingerprint density at radius 1 is 1.10 bits per heavy atom. The second kappa shape index (κ2) is 10.8. The van der Waals surface area contributed by atoms with Crippen LogP contribution >= 0.6 is 11.8 Å². The lowest BCUT2D eigenvalue weighted by atomic mass is 9.82. The molecule has 122 valence electrons. The molecule has 21 heavy (non-hydrogen) atoms. The van der Waals surface area contributed by atoms with Gasteiger partial charge in [-0.25, -0.2) is 4.79 Å². The average Bonchev–Trinajstić information content (AvgIpc) is 2.49. The van der Waals surface area contributed by atoms with Gasteiger partial charge in [0.2, 0.25) is 0 Å². The molecule has 1 fully saturated rings. The largest absolute Gasteiger partial charge is 0.481 e. The molecule has 0 bridgehead atoms. The highest BCUT2D eigenvalue weighted by atomic mass is 32.2. The van der Waals surface area contributed by atoms with Crippen LogP contribution < -0.4 is 10.6 Å². The van der Waals surface area contributed by atoms with Crippen molar-refractivity contribution in [2.45, 2.75) is 44.9 Å². The molecule has 5 nitrogen and oxygen atoms in total. The second-order valence-electron chi connectivity index (χ2n) is 5.75. The molecule has 0 aromatic heterocycles. The molecule has 0 spiro atoms. The van der Waals surface area contributed by atoms with E-state index >= 15 is 0 Å². The lowest BCUT2D eigenvalue weighted by Gasteiger charge is -2.26. The van der Waals surface area contributed by atoms with Gasteiger partial charge in [-0.1, -0.05) is 6.42 Å². The van der Waals surface area contributed by atoms with Crippen molar-refractivity contribution in [1.29, 1.82) is 0 Å². The first kappa shape index (κ1) is 18.1. The van der Waals surface area contributed by atoms with E-state index in [1.165, 1.54) is 12.2 Å². The first-order valence-electron chi connectivity index (χ1n) is 7.87. The lowest BCUT2D eigenvalue weighted by molar-refractivity contribution is -0.143. The van der Waals surface area contributed by atoms with Crippen LogP contribution in [-0.4, -0.2) is 42.2 Å². The molecule has 1 aliphatic rings. The Bertz CT molecular complexity index is 318. The van der Waals surface area contributed by atoms with E-state index in [1.807, 2.05) is 11.8 Å². The average molecular weight is 316 g/mol. The molecule has 2 amide bonds. The number of hydrogen-bond donors (Lipinski definition) is 3. The number of carbonyl (C=O) groups excluding carboxylic acids is 1. The maximum Gasteiger partial charge on any atom is 0.314 e. The number of thioether (sulfide) groups is 1. The van der Waals surface area contributed by atoms with E-state index in [0.29, 0.717) is 12.5 Å². The van der Waals surface area contributed by atoms with E-state index in [2.05, 4.69) is 16.9 Å². The van der Waals surface area contributed by atoms with Crippen molar-refractivity contribution in [2.75, 3.05) is 25.1 Å². The van der Waals surface area contributed by atoms with Crippen LogP contribution in [0.25, 0.3) is 0 Å². The number of carboxylic acid groups (broad SMARTS) is 1. The fourth-order valence-electron chi connectivity index (χ4n) is 2.66. The third-order valence-corrected chi connectivity index (χ3v) is 4.76. The maximum absolute atomic E-state index is 11.6. The number of rotatable bonds is 9. The van der Waals surface area contributed by atoms with Crippen molar-refractivity contribution in [2.24, 2.45) is 11.8 Å². The molecular formula is C15H28N2O3S. The summed E-state index contributed by atoms with van der Waals surface area (Å²) in [5.74, 6) is 0.746. The summed E-state index contributed by atoms with van der Waals surface area (Å²) in [4.78, 5) is 22.5.